The average molecular weight is 422 g/mol. The second kappa shape index (κ2) is 7.59. The predicted octanol–water partition coefficient (Wildman–Crippen LogP) is 2.32. The number of carbonyl (C=O) groups excluding carboxylic acids is 2. The molecule has 0 saturated carbocycles. The third kappa shape index (κ3) is 3.81. The number of hydrogen-bond acceptors (Lipinski definition) is 5. The van der Waals surface area contributed by atoms with Gasteiger partial charge in [-0.15, -0.1) is 0 Å². The van der Waals surface area contributed by atoms with Gasteiger partial charge in [0.1, 0.15) is 11.5 Å². The summed E-state index contributed by atoms with van der Waals surface area (Å²) in [6, 6.07) is 2.94. The molecule has 0 spiro atoms. The van der Waals surface area contributed by atoms with Crippen molar-refractivity contribution >= 4 is 38.4 Å². The molecule has 1 aromatic carbocycles. The minimum atomic E-state index is -3.87. The number of nitrogens with zero attached hydrogens (tertiary/aromatic N) is 1. The number of halogens is 2. The van der Waals surface area contributed by atoms with E-state index >= 15 is 0 Å². The van der Waals surface area contributed by atoms with Crippen LogP contribution in [0.25, 0.3) is 11.0 Å². The standard InChI is InChI=1S/C18H16F2N4O4S/c1-2-7-29(27,28)24-12-4-3-11(19)14(15(12)20)16(25)10-8-23-18-13(10)9(17(21)26)5-6-22-18/h3-6,8,24H,2,7H2,1H3,(H2,21,26)(H,22,23). The zero-order chi connectivity index (χ0) is 21.3. The Balaban J connectivity index is 2.15. The lowest BCUT2D eigenvalue weighted by molar-refractivity contribution is 0.100. The lowest BCUT2D eigenvalue weighted by Crippen LogP contribution is -2.19. The zero-order valence-electron chi connectivity index (χ0n) is 15.1. The molecule has 0 bridgehead atoms. The van der Waals surface area contributed by atoms with Crippen molar-refractivity contribution in [3.63, 3.8) is 0 Å². The van der Waals surface area contributed by atoms with Crippen LogP contribution in [-0.4, -0.2) is 35.8 Å². The number of hydrogen-bond donors (Lipinski definition) is 3. The molecule has 0 unspecified atom stereocenters. The van der Waals surface area contributed by atoms with E-state index in [1.807, 2.05) is 4.72 Å². The Bertz CT molecular complexity index is 1240. The van der Waals surface area contributed by atoms with Gasteiger partial charge in [-0.3, -0.25) is 14.3 Å². The molecule has 0 aliphatic rings. The van der Waals surface area contributed by atoms with E-state index in [0.29, 0.717) is 0 Å². The summed E-state index contributed by atoms with van der Waals surface area (Å²) in [6.45, 7) is 1.62. The van der Waals surface area contributed by atoms with Crippen LogP contribution in [0.2, 0.25) is 0 Å². The van der Waals surface area contributed by atoms with Crippen LogP contribution in [0.3, 0.4) is 0 Å². The number of primary amides is 1. The number of fused-ring (bicyclic) bond motifs is 1. The van der Waals surface area contributed by atoms with E-state index in [4.69, 9.17) is 5.73 Å². The number of aromatic amines is 1. The largest absolute Gasteiger partial charge is 0.366 e. The Hall–Kier alpha value is -3.34. The first kappa shape index (κ1) is 20.4. The Morgan fingerprint density at radius 1 is 1.21 bits per heavy atom. The van der Waals surface area contributed by atoms with Gasteiger partial charge in [-0.05, 0) is 24.6 Å². The number of benzene rings is 1. The van der Waals surface area contributed by atoms with Gasteiger partial charge in [0.25, 0.3) is 0 Å². The minimum Gasteiger partial charge on any atom is -0.366 e. The minimum absolute atomic E-state index is 0.0146. The number of carbonyl (C=O) groups is 2. The third-order valence-corrected chi connectivity index (χ3v) is 5.62. The molecular weight excluding hydrogens is 406 g/mol. The fourth-order valence-electron chi connectivity index (χ4n) is 2.90. The van der Waals surface area contributed by atoms with Gasteiger partial charge in [-0.25, -0.2) is 22.2 Å². The van der Waals surface area contributed by atoms with Crippen molar-refractivity contribution < 1.29 is 26.8 Å². The molecule has 0 fully saturated rings. The van der Waals surface area contributed by atoms with Gasteiger partial charge in [0, 0.05) is 17.8 Å². The maximum absolute atomic E-state index is 14.9. The third-order valence-electron chi connectivity index (χ3n) is 4.14. The molecule has 29 heavy (non-hydrogen) atoms. The van der Waals surface area contributed by atoms with Gasteiger partial charge in [-0.1, -0.05) is 6.92 Å². The number of sulfonamides is 1. The maximum Gasteiger partial charge on any atom is 0.249 e. The summed E-state index contributed by atoms with van der Waals surface area (Å²) in [5.74, 6) is -4.78. The monoisotopic (exact) mass is 422 g/mol. The van der Waals surface area contributed by atoms with Crippen LogP contribution >= 0.6 is 0 Å². The summed E-state index contributed by atoms with van der Waals surface area (Å²) in [5, 5.41) is 0.0146. The van der Waals surface area contributed by atoms with Crippen molar-refractivity contribution in [2.24, 2.45) is 5.73 Å². The van der Waals surface area contributed by atoms with Gasteiger partial charge in [-0.2, -0.15) is 0 Å². The number of nitrogens with one attached hydrogen (secondary N) is 2. The smallest absolute Gasteiger partial charge is 0.249 e. The van der Waals surface area contributed by atoms with Gasteiger partial charge < -0.3 is 10.7 Å². The second-order valence-electron chi connectivity index (χ2n) is 6.18. The number of ketones is 1. The quantitative estimate of drug-likeness (QED) is 0.502. The fourth-order valence-corrected chi connectivity index (χ4v) is 4.03. The van der Waals surface area contributed by atoms with E-state index in [2.05, 4.69) is 9.97 Å². The van der Waals surface area contributed by atoms with E-state index in [0.717, 1.165) is 18.3 Å². The van der Waals surface area contributed by atoms with Gasteiger partial charge in [0.15, 0.2) is 5.82 Å². The van der Waals surface area contributed by atoms with Crippen molar-refractivity contribution in [3.8, 4) is 0 Å². The normalized spacial score (nSPS) is 11.6. The zero-order valence-corrected chi connectivity index (χ0v) is 15.9. The van der Waals surface area contributed by atoms with E-state index in [1.165, 1.54) is 12.3 Å². The predicted molar refractivity (Wildman–Crippen MR) is 102 cm³/mol. The SMILES string of the molecule is CCCS(=O)(=O)Nc1ccc(F)c(C(=O)c2c[nH]c3nccc(C(N)=O)c23)c1F. The number of nitrogens with two attached hydrogens (primary N) is 1. The summed E-state index contributed by atoms with van der Waals surface area (Å²) >= 11 is 0. The Labute approximate surface area is 164 Å². The summed E-state index contributed by atoms with van der Waals surface area (Å²) in [5.41, 5.74) is 3.63. The number of pyridine rings is 1. The van der Waals surface area contributed by atoms with Gasteiger partial charge in [0.2, 0.25) is 21.7 Å². The second-order valence-corrected chi connectivity index (χ2v) is 8.02. The molecule has 0 saturated heterocycles. The molecule has 3 aromatic rings. The van der Waals surface area contributed by atoms with E-state index < -0.39 is 44.6 Å². The van der Waals surface area contributed by atoms with E-state index in [1.54, 1.807) is 6.92 Å². The number of anilines is 1. The van der Waals surface area contributed by atoms with Crippen LogP contribution in [0.4, 0.5) is 14.5 Å². The molecule has 0 radical (unpaired) electrons. The first-order chi connectivity index (χ1) is 13.7. The van der Waals surface area contributed by atoms with Crippen molar-refractivity contribution in [2.45, 2.75) is 13.3 Å². The van der Waals surface area contributed by atoms with E-state index in [9.17, 15) is 26.8 Å². The summed E-state index contributed by atoms with van der Waals surface area (Å²) < 4.78 is 55.1. The van der Waals surface area contributed by atoms with Crippen LogP contribution in [0.1, 0.15) is 39.6 Å². The van der Waals surface area contributed by atoms with Crippen LogP contribution in [-0.2, 0) is 10.0 Å². The first-order valence-electron chi connectivity index (χ1n) is 8.45. The highest BCUT2D eigenvalue weighted by Gasteiger charge is 2.27. The summed E-state index contributed by atoms with van der Waals surface area (Å²) in [4.78, 5) is 31.2. The molecule has 152 valence electrons. The number of rotatable bonds is 7. The lowest BCUT2D eigenvalue weighted by Gasteiger charge is -2.11. The van der Waals surface area contributed by atoms with Crippen molar-refractivity contribution in [2.75, 3.05) is 10.5 Å². The average Bonchev–Trinajstić information content (AvgIpc) is 3.08. The molecule has 1 amide bonds. The topological polar surface area (TPSA) is 135 Å². The fraction of sp³-hybridized carbons (Fsp3) is 0.167. The highest BCUT2D eigenvalue weighted by molar-refractivity contribution is 7.92. The van der Waals surface area contributed by atoms with Crippen LogP contribution in [0, 0.1) is 11.6 Å². The molecule has 0 aliphatic heterocycles. The molecular formula is C18H16F2N4O4S. The number of amides is 1. The molecule has 0 aliphatic carbocycles. The highest BCUT2D eigenvalue weighted by atomic mass is 32.2. The first-order valence-corrected chi connectivity index (χ1v) is 10.1. The van der Waals surface area contributed by atoms with Crippen molar-refractivity contribution in [3.05, 3.63) is 58.9 Å². The van der Waals surface area contributed by atoms with Crippen LogP contribution in [0.15, 0.2) is 30.6 Å². The van der Waals surface area contributed by atoms with Crippen LogP contribution in [0.5, 0.6) is 0 Å². The van der Waals surface area contributed by atoms with Crippen LogP contribution < -0.4 is 10.5 Å². The molecule has 3 rings (SSSR count). The highest BCUT2D eigenvalue weighted by Crippen LogP contribution is 2.28. The molecule has 8 nitrogen and oxygen atoms in total. The molecule has 0 atom stereocenters. The Morgan fingerprint density at radius 3 is 2.59 bits per heavy atom. The van der Waals surface area contributed by atoms with E-state index in [-0.39, 0.29) is 34.3 Å². The molecule has 2 heterocycles. The Morgan fingerprint density at radius 2 is 1.93 bits per heavy atom. The van der Waals surface area contributed by atoms with Gasteiger partial charge in [0.05, 0.1) is 28.1 Å². The molecule has 2 aromatic heterocycles. The number of aromatic nitrogens is 2. The molecule has 4 N–H and O–H groups in total. The lowest BCUT2D eigenvalue weighted by atomic mass is 9.99. The molecule has 11 heteroatoms. The number of H-pyrrole nitrogens is 1. The summed E-state index contributed by atoms with van der Waals surface area (Å²) in [7, 11) is -3.87. The Kier molecular flexibility index (Phi) is 5.33. The summed E-state index contributed by atoms with van der Waals surface area (Å²) in [6.07, 6.45) is 2.72. The van der Waals surface area contributed by atoms with Crippen molar-refractivity contribution in [1.29, 1.82) is 0 Å². The van der Waals surface area contributed by atoms with Crippen molar-refractivity contribution in [1.82, 2.24) is 9.97 Å². The maximum atomic E-state index is 14.9. The van der Waals surface area contributed by atoms with Gasteiger partial charge >= 0.3 is 0 Å².